The van der Waals surface area contributed by atoms with E-state index in [9.17, 15) is 14.4 Å². The van der Waals surface area contributed by atoms with E-state index in [1.807, 2.05) is 0 Å². The quantitative estimate of drug-likeness (QED) is 0.682. The van der Waals surface area contributed by atoms with Crippen LogP contribution >= 0.6 is 11.8 Å². The van der Waals surface area contributed by atoms with Crippen LogP contribution in [0.3, 0.4) is 0 Å². The second kappa shape index (κ2) is 8.83. The highest BCUT2D eigenvalue weighted by atomic mass is 32.2. The van der Waals surface area contributed by atoms with Gasteiger partial charge in [0, 0.05) is 0 Å². The molecule has 0 aliphatic carbocycles. The van der Waals surface area contributed by atoms with Gasteiger partial charge in [-0.05, 0) is 38.5 Å². The average molecular weight is 432 g/mol. The Labute approximate surface area is 179 Å². The van der Waals surface area contributed by atoms with E-state index < -0.39 is 23.1 Å². The molecular weight excluding hydrogens is 408 g/mol. The standard InChI is InChI=1S/C21H24N2O6S/c1-5-28-20(25)15-14(12-8-7-9-13(10-12)27-4)16(21(26)29-6-2)19-23(17(15)22)18(24)11(3)30-19/h7-11,14H,5-6,22H2,1-4H3/t11-,14-/m0/s1. The smallest absolute Gasteiger partial charge is 0.338 e. The maximum absolute atomic E-state index is 13.0. The minimum atomic E-state index is -0.866. The lowest BCUT2D eigenvalue weighted by Crippen LogP contribution is -2.40. The van der Waals surface area contributed by atoms with Gasteiger partial charge < -0.3 is 19.9 Å². The number of hydrogen-bond acceptors (Lipinski definition) is 8. The SMILES string of the molecule is CCOC(=O)C1=C(N)N2C(=O)[C@H](C)SC2=C(C(=O)OCC)[C@H]1c1cccc(OC)c1. The van der Waals surface area contributed by atoms with Gasteiger partial charge in [-0.25, -0.2) is 9.59 Å². The van der Waals surface area contributed by atoms with Crippen LogP contribution < -0.4 is 10.5 Å². The molecule has 0 unspecified atom stereocenters. The van der Waals surface area contributed by atoms with Crippen molar-refractivity contribution in [2.24, 2.45) is 5.73 Å². The molecule has 2 atom stereocenters. The Morgan fingerprint density at radius 3 is 2.37 bits per heavy atom. The fourth-order valence-electron chi connectivity index (χ4n) is 3.50. The van der Waals surface area contributed by atoms with Crippen LogP contribution in [0.2, 0.25) is 0 Å². The first-order valence-corrected chi connectivity index (χ1v) is 10.5. The Bertz CT molecular complexity index is 955. The number of methoxy groups -OCH3 is 1. The van der Waals surface area contributed by atoms with Gasteiger partial charge in [0.25, 0.3) is 0 Å². The number of benzene rings is 1. The van der Waals surface area contributed by atoms with E-state index in [1.54, 1.807) is 45.0 Å². The van der Waals surface area contributed by atoms with E-state index in [0.29, 0.717) is 16.3 Å². The first-order chi connectivity index (χ1) is 14.3. The van der Waals surface area contributed by atoms with Crippen molar-refractivity contribution in [1.29, 1.82) is 0 Å². The Kier molecular flexibility index (Phi) is 6.40. The predicted molar refractivity (Wildman–Crippen MR) is 111 cm³/mol. The molecule has 2 aliphatic rings. The number of esters is 2. The Balaban J connectivity index is 2.30. The molecule has 30 heavy (non-hydrogen) atoms. The minimum absolute atomic E-state index is 0.0277. The number of nitrogens with zero attached hydrogens (tertiary/aromatic N) is 1. The van der Waals surface area contributed by atoms with Gasteiger partial charge in [0.1, 0.15) is 11.6 Å². The molecule has 1 amide bonds. The molecule has 2 heterocycles. The largest absolute Gasteiger partial charge is 0.497 e. The van der Waals surface area contributed by atoms with Crippen molar-refractivity contribution in [2.45, 2.75) is 31.9 Å². The van der Waals surface area contributed by atoms with Crippen LogP contribution in [0, 0.1) is 0 Å². The first kappa shape index (κ1) is 21.8. The van der Waals surface area contributed by atoms with Crippen molar-refractivity contribution in [2.75, 3.05) is 20.3 Å². The molecule has 0 aromatic heterocycles. The van der Waals surface area contributed by atoms with E-state index in [4.69, 9.17) is 19.9 Å². The number of rotatable bonds is 6. The van der Waals surface area contributed by atoms with Crippen LogP contribution in [-0.2, 0) is 23.9 Å². The van der Waals surface area contributed by atoms with Gasteiger partial charge in [0.15, 0.2) is 0 Å². The summed E-state index contributed by atoms with van der Waals surface area (Å²) in [6.45, 7) is 5.34. The summed E-state index contributed by atoms with van der Waals surface area (Å²) in [5, 5.41) is -0.0835. The number of carbonyl (C=O) groups excluding carboxylic acids is 3. The second-order valence-electron chi connectivity index (χ2n) is 6.60. The zero-order chi connectivity index (χ0) is 22.0. The van der Waals surface area contributed by atoms with Crippen molar-refractivity contribution in [3.63, 3.8) is 0 Å². The van der Waals surface area contributed by atoms with E-state index in [1.165, 1.54) is 23.8 Å². The monoisotopic (exact) mass is 432 g/mol. The van der Waals surface area contributed by atoms with E-state index in [-0.39, 0.29) is 36.1 Å². The summed E-state index contributed by atoms with van der Waals surface area (Å²) in [5.41, 5.74) is 7.15. The molecule has 8 nitrogen and oxygen atoms in total. The number of thioether (sulfide) groups is 1. The summed E-state index contributed by atoms with van der Waals surface area (Å²) in [4.78, 5) is 40.0. The van der Waals surface area contributed by atoms with Gasteiger partial charge in [0.05, 0.1) is 47.7 Å². The highest BCUT2D eigenvalue weighted by Crippen LogP contribution is 2.50. The van der Waals surface area contributed by atoms with Gasteiger partial charge in [-0.2, -0.15) is 0 Å². The Morgan fingerprint density at radius 1 is 1.13 bits per heavy atom. The molecule has 2 aliphatic heterocycles. The maximum Gasteiger partial charge on any atom is 0.338 e. The highest BCUT2D eigenvalue weighted by Gasteiger charge is 2.49. The summed E-state index contributed by atoms with van der Waals surface area (Å²) < 4.78 is 15.8. The normalized spacial score (nSPS) is 20.9. The molecule has 3 rings (SSSR count). The number of ether oxygens (including phenoxy) is 3. The Hall–Kier alpha value is -2.94. The lowest BCUT2D eigenvalue weighted by molar-refractivity contribution is -0.139. The zero-order valence-electron chi connectivity index (χ0n) is 17.3. The van der Waals surface area contributed by atoms with Gasteiger partial charge >= 0.3 is 11.9 Å². The van der Waals surface area contributed by atoms with Gasteiger partial charge in [-0.3, -0.25) is 9.69 Å². The molecule has 160 valence electrons. The predicted octanol–water partition coefficient (Wildman–Crippen LogP) is 2.26. The fourth-order valence-corrected chi connectivity index (χ4v) is 4.66. The molecule has 0 spiro atoms. The van der Waals surface area contributed by atoms with Crippen LogP contribution in [-0.4, -0.2) is 48.3 Å². The summed E-state index contributed by atoms with van der Waals surface area (Å²) in [7, 11) is 1.52. The topological polar surface area (TPSA) is 108 Å². The molecule has 1 fully saturated rings. The number of hydrogen-bond donors (Lipinski definition) is 1. The van der Waals surface area contributed by atoms with E-state index >= 15 is 0 Å². The summed E-state index contributed by atoms with van der Waals surface area (Å²) >= 11 is 1.22. The molecule has 2 N–H and O–H groups in total. The van der Waals surface area contributed by atoms with Crippen LogP contribution in [0.4, 0.5) is 0 Å². The lowest BCUT2D eigenvalue weighted by atomic mass is 9.82. The molecule has 1 aromatic rings. The Morgan fingerprint density at radius 2 is 1.77 bits per heavy atom. The third kappa shape index (κ3) is 3.65. The summed E-state index contributed by atoms with van der Waals surface area (Å²) in [5.74, 6) is -1.97. The van der Waals surface area contributed by atoms with Crippen molar-refractivity contribution in [1.82, 2.24) is 4.90 Å². The van der Waals surface area contributed by atoms with Crippen LogP contribution in [0.25, 0.3) is 0 Å². The third-order valence-electron chi connectivity index (χ3n) is 4.80. The molecule has 1 saturated heterocycles. The molecule has 9 heteroatoms. The van der Waals surface area contributed by atoms with E-state index in [2.05, 4.69) is 0 Å². The van der Waals surface area contributed by atoms with Crippen molar-refractivity contribution < 1.29 is 28.6 Å². The molecule has 0 radical (unpaired) electrons. The van der Waals surface area contributed by atoms with Crippen molar-refractivity contribution >= 4 is 29.6 Å². The zero-order valence-corrected chi connectivity index (χ0v) is 18.1. The highest BCUT2D eigenvalue weighted by molar-refractivity contribution is 8.04. The number of fused-ring (bicyclic) bond motifs is 1. The van der Waals surface area contributed by atoms with Gasteiger partial charge in [-0.1, -0.05) is 23.9 Å². The maximum atomic E-state index is 13.0. The van der Waals surface area contributed by atoms with Gasteiger partial charge in [-0.15, -0.1) is 0 Å². The van der Waals surface area contributed by atoms with Crippen LogP contribution in [0.5, 0.6) is 5.75 Å². The average Bonchev–Trinajstić information content (AvgIpc) is 3.02. The van der Waals surface area contributed by atoms with Gasteiger partial charge in [0.2, 0.25) is 5.91 Å². The fraction of sp³-hybridized carbons (Fsp3) is 0.381. The molecule has 1 aromatic carbocycles. The van der Waals surface area contributed by atoms with E-state index in [0.717, 1.165) is 0 Å². The van der Waals surface area contributed by atoms with Crippen molar-refractivity contribution in [3.05, 3.63) is 51.8 Å². The second-order valence-corrected chi connectivity index (χ2v) is 7.93. The third-order valence-corrected chi connectivity index (χ3v) is 5.98. The lowest BCUT2D eigenvalue weighted by Gasteiger charge is -2.33. The van der Waals surface area contributed by atoms with Crippen LogP contribution in [0.15, 0.2) is 46.3 Å². The minimum Gasteiger partial charge on any atom is -0.497 e. The number of nitrogens with two attached hydrogens (primary N) is 1. The van der Waals surface area contributed by atoms with Crippen molar-refractivity contribution in [3.8, 4) is 5.75 Å². The number of amides is 1. The number of carbonyl (C=O) groups is 3. The molecule has 0 bridgehead atoms. The molecular formula is C21H24N2O6S. The summed E-state index contributed by atoms with van der Waals surface area (Å²) in [6, 6.07) is 6.99. The molecule has 0 saturated carbocycles. The van der Waals surface area contributed by atoms with Crippen LogP contribution in [0.1, 0.15) is 32.3 Å². The summed E-state index contributed by atoms with van der Waals surface area (Å²) in [6.07, 6.45) is 0. The first-order valence-electron chi connectivity index (χ1n) is 9.58.